The number of furan rings is 1. The second-order valence-corrected chi connectivity index (χ2v) is 11.7. The Kier molecular flexibility index (Phi) is 6.55. The van der Waals surface area contributed by atoms with Crippen molar-refractivity contribution in [2.45, 2.75) is 25.4 Å². The van der Waals surface area contributed by atoms with Gasteiger partial charge in [-0.15, -0.1) is 0 Å². The lowest BCUT2D eigenvalue weighted by atomic mass is 9.58. The molecule has 228 valence electrons. The summed E-state index contributed by atoms with van der Waals surface area (Å²) in [6.45, 7) is -0.383. The first-order valence-electron chi connectivity index (χ1n) is 14.4. The summed E-state index contributed by atoms with van der Waals surface area (Å²) in [7, 11) is 0. The molecule has 0 radical (unpaired) electrons. The van der Waals surface area contributed by atoms with Gasteiger partial charge in [-0.05, 0) is 79.4 Å². The van der Waals surface area contributed by atoms with Gasteiger partial charge in [0.1, 0.15) is 18.1 Å². The number of carbonyl (C=O) groups is 6. The predicted molar refractivity (Wildman–Crippen MR) is 154 cm³/mol. The van der Waals surface area contributed by atoms with Crippen LogP contribution in [0.15, 0.2) is 76.7 Å². The third-order valence-electron chi connectivity index (χ3n) is 9.54. The molecule has 2 saturated heterocycles. The normalized spacial score (nSPS) is 27.3. The highest BCUT2D eigenvalue weighted by molar-refractivity contribution is 6.24. The molecule has 0 spiro atoms. The maximum Gasteiger partial charge on any atom is 0.335 e. The average Bonchev–Trinajstić information content (AvgIpc) is 3.69. The Hall–Kier alpha value is -5.36. The number of aliphatic hydroxyl groups excluding tert-OH is 1. The highest BCUT2D eigenvalue weighted by Crippen LogP contribution is 2.58. The monoisotopic (exact) mass is 610 g/mol. The van der Waals surface area contributed by atoms with Crippen molar-refractivity contribution < 1.29 is 48.5 Å². The van der Waals surface area contributed by atoms with Crippen LogP contribution < -0.4 is 9.80 Å². The van der Waals surface area contributed by atoms with Crippen molar-refractivity contribution in [1.82, 2.24) is 0 Å². The van der Waals surface area contributed by atoms with Crippen LogP contribution in [0.5, 0.6) is 0 Å². The summed E-state index contributed by atoms with van der Waals surface area (Å²) in [4.78, 5) is 80.5. The smallest absolute Gasteiger partial charge is 0.335 e. The van der Waals surface area contributed by atoms with E-state index in [0.717, 1.165) is 9.80 Å². The lowest BCUT2D eigenvalue weighted by molar-refractivity contribution is -0.126. The molecule has 3 aromatic rings. The summed E-state index contributed by atoms with van der Waals surface area (Å²) in [5.74, 6) is -8.16. The van der Waals surface area contributed by atoms with Gasteiger partial charge in [0.05, 0.1) is 52.1 Å². The van der Waals surface area contributed by atoms with Crippen LogP contribution in [0.3, 0.4) is 0 Å². The van der Waals surface area contributed by atoms with E-state index in [-0.39, 0.29) is 47.7 Å². The number of benzene rings is 2. The number of nitrogens with zero attached hydrogens (tertiary/aromatic N) is 2. The maximum atomic E-state index is 14.1. The van der Waals surface area contributed by atoms with E-state index < -0.39 is 71.1 Å². The number of carboxylic acid groups (broad SMARTS) is 2. The Labute approximate surface area is 255 Å². The van der Waals surface area contributed by atoms with E-state index in [2.05, 4.69) is 0 Å². The van der Waals surface area contributed by atoms with E-state index in [1.165, 1.54) is 48.5 Å². The molecule has 0 unspecified atom stereocenters. The average molecular weight is 611 g/mol. The molecule has 4 amide bonds. The number of carbonyl (C=O) groups excluding carboxylic acids is 4. The summed E-state index contributed by atoms with van der Waals surface area (Å²) >= 11 is 0. The van der Waals surface area contributed by atoms with Gasteiger partial charge >= 0.3 is 11.9 Å². The summed E-state index contributed by atoms with van der Waals surface area (Å²) in [6.07, 6.45) is 2.20. The number of hydrogen-bond acceptors (Lipinski definition) is 8. The van der Waals surface area contributed by atoms with Gasteiger partial charge in [0.25, 0.3) is 0 Å². The molecule has 6 atom stereocenters. The molecule has 4 aliphatic rings. The van der Waals surface area contributed by atoms with Gasteiger partial charge in [-0.1, -0.05) is 11.6 Å². The fourth-order valence-electron chi connectivity index (χ4n) is 7.57. The SMILES string of the molecule is O=C(O)c1ccc(N2C(=O)[C@H]3[C@H](CC=C4[C@H]3C[C@H]3C(=O)N(c5ccc(C(=O)O)cc5)C(=O)[C@H]3[C@H]4c3ccc(CO)o3)C2=O)cc1. The number of anilines is 2. The minimum absolute atomic E-state index is 0.00552. The lowest BCUT2D eigenvalue weighted by Crippen LogP contribution is -2.43. The van der Waals surface area contributed by atoms with E-state index in [0.29, 0.717) is 11.3 Å². The Balaban J connectivity index is 1.28. The van der Waals surface area contributed by atoms with Crippen LogP contribution in [0.4, 0.5) is 11.4 Å². The van der Waals surface area contributed by atoms with Crippen LogP contribution >= 0.6 is 0 Å². The lowest BCUT2D eigenvalue weighted by Gasteiger charge is -2.43. The van der Waals surface area contributed by atoms with Gasteiger partial charge in [-0.25, -0.2) is 9.59 Å². The minimum atomic E-state index is -1.15. The number of amides is 4. The molecule has 12 heteroatoms. The van der Waals surface area contributed by atoms with Gasteiger partial charge in [-0.2, -0.15) is 0 Å². The quantitative estimate of drug-likeness (QED) is 0.277. The van der Waals surface area contributed by atoms with Crippen molar-refractivity contribution >= 4 is 46.9 Å². The first-order chi connectivity index (χ1) is 21.6. The van der Waals surface area contributed by atoms with E-state index in [9.17, 15) is 44.1 Å². The van der Waals surface area contributed by atoms with Crippen LogP contribution in [-0.2, 0) is 25.8 Å². The van der Waals surface area contributed by atoms with Gasteiger partial charge in [0, 0.05) is 0 Å². The molecule has 3 fully saturated rings. The number of hydrogen-bond donors (Lipinski definition) is 3. The van der Waals surface area contributed by atoms with Crippen LogP contribution in [-0.4, -0.2) is 50.9 Å². The number of aliphatic hydroxyl groups is 1. The zero-order valence-electron chi connectivity index (χ0n) is 23.5. The zero-order chi connectivity index (χ0) is 31.7. The number of rotatable bonds is 6. The molecule has 2 aromatic carbocycles. The first kappa shape index (κ1) is 28.4. The number of allylic oxidation sites excluding steroid dienone is 2. The summed E-state index contributed by atoms with van der Waals surface area (Å²) in [6, 6.07) is 14.1. The fourth-order valence-corrected chi connectivity index (χ4v) is 7.57. The van der Waals surface area contributed by atoms with Crippen molar-refractivity contribution in [2.24, 2.45) is 29.6 Å². The molecular formula is C33H26N2O10. The van der Waals surface area contributed by atoms with Gasteiger partial charge < -0.3 is 19.7 Å². The highest BCUT2D eigenvalue weighted by atomic mass is 16.4. The minimum Gasteiger partial charge on any atom is -0.478 e. The maximum absolute atomic E-state index is 14.1. The zero-order valence-corrected chi connectivity index (χ0v) is 23.5. The molecule has 3 N–H and O–H groups in total. The van der Waals surface area contributed by atoms with Crippen LogP contribution in [0.25, 0.3) is 0 Å². The van der Waals surface area contributed by atoms with Crippen molar-refractivity contribution in [1.29, 1.82) is 0 Å². The third kappa shape index (κ3) is 4.24. The molecule has 2 aliphatic carbocycles. The number of carboxylic acids is 2. The Morgan fingerprint density at radius 1 is 0.689 bits per heavy atom. The predicted octanol–water partition coefficient (Wildman–Crippen LogP) is 3.21. The van der Waals surface area contributed by atoms with Crippen LogP contribution in [0.1, 0.15) is 51.0 Å². The molecule has 2 aliphatic heterocycles. The third-order valence-corrected chi connectivity index (χ3v) is 9.54. The Bertz CT molecular complexity index is 1820. The van der Waals surface area contributed by atoms with E-state index in [4.69, 9.17) is 4.42 Å². The van der Waals surface area contributed by atoms with Crippen molar-refractivity contribution in [3.05, 3.63) is 95.0 Å². The molecule has 0 bridgehead atoms. The highest BCUT2D eigenvalue weighted by Gasteiger charge is 2.62. The summed E-state index contributed by atoms with van der Waals surface area (Å²) < 4.78 is 5.93. The molecular weight excluding hydrogens is 584 g/mol. The fraction of sp³-hybridized carbons (Fsp3) is 0.273. The molecule has 1 aromatic heterocycles. The molecule has 12 nitrogen and oxygen atoms in total. The standard InChI is InChI=1S/C33H26N2O10/c36-14-19-9-12-24(45-19)26-20-10-11-21-25(30(39)34(28(21)37)17-5-1-15(2-6-17)32(41)42)22(20)13-23-27(26)31(40)35(29(23)38)18-7-3-16(4-8-18)33(43)44/h1-10,12,21-23,25-27,36H,11,13-14H2,(H,41,42)(H,43,44)/t21-,22+,23+,25-,26+,27+/m0/s1. The van der Waals surface area contributed by atoms with Gasteiger partial charge in [-0.3, -0.25) is 29.0 Å². The summed E-state index contributed by atoms with van der Waals surface area (Å²) in [5.41, 5.74) is 1.18. The molecule has 45 heavy (non-hydrogen) atoms. The Morgan fingerprint density at radius 3 is 1.73 bits per heavy atom. The van der Waals surface area contributed by atoms with Gasteiger partial charge in [0.2, 0.25) is 23.6 Å². The Morgan fingerprint density at radius 2 is 1.22 bits per heavy atom. The van der Waals surface area contributed by atoms with Crippen molar-refractivity contribution in [3.63, 3.8) is 0 Å². The second-order valence-electron chi connectivity index (χ2n) is 11.7. The van der Waals surface area contributed by atoms with Crippen LogP contribution in [0, 0.1) is 29.6 Å². The molecule has 7 rings (SSSR count). The van der Waals surface area contributed by atoms with Crippen molar-refractivity contribution in [2.75, 3.05) is 9.80 Å². The van der Waals surface area contributed by atoms with E-state index >= 15 is 0 Å². The molecule has 3 heterocycles. The van der Waals surface area contributed by atoms with E-state index in [1.54, 1.807) is 12.1 Å². The first-order valence-corrected chi connectivity index (χ1v) is 14.4. The van der Waals surface area contributed by atoms with Gasteiger partial charge in [0.15, 0.2) is 0 Å². The topological polar surface area (TPSA) is 183 Å². The largest absolute Gasteiger partial charge is 0.478 e. The summed E-state index contributed by atoms with van der Waals surface area (Å²) in [5, 5.41) is 28.2. The number of imide groups is 2. The van der Waals surface area contributed by atoms with Crippen LogP contribution in [0.2, 0.25) is 0 Å². The molecule has 1 saturated carbocycles. The van der Waals surface area contributed by atoms with E-state index in [1.807, 2.05) is 6.08 Å². The van der Waals surface area contributed by atoms with Crippen molar-refractivity contribution in [3.8, 4) is 0 Å². The second kappa shape index (κ2) is 10.4. The number of fused-ring (bicyclic) bond motifs is 4. The number of aromatic carboxylic acids is 2.